The smallest absolute Gasteiger partial charge is 0.140 e. The number of hydrogen-bond donors (Lipinski definition) is 2. The van der Waals surface area contributed by atoms with Crippen LogP contribution in [0, 0.1) is 5.92 Å². The van der Waals surface area contributed by atoms with E-state index in [0.717, 1.165) is 29.5 Å². The first-order valence-electron chi connectivity index (χ1n) is 8.92. The minimum atomic E-state index is -0.279. The number of carbonyl (C=O) groups is 1. The SMILES string of the molecule is CC(C)(CO)c1ccc(C2C(=O)CCC2Cc2cccc(O)c2)cc1. The molecule has 0 radical (unpaired) electrons. The molecule has 1 aliphatic rings. The fourth-order valence-electron chi connectivity index (χ4n) is 3.81. The maximum Gasteiger partial charge on any atom is 0.140 e. The first kappa shape index (κ1) is 17.7. The lowest BCUT2D eigenvalue weighted by molar-refractivity contribution is -0.119. The number of phenolic OH excluding ortho intramolecular Hbond substituents is 1. The van der Waals surface area contributed by atoms with Crippen LogP contribution in [0.3, 0.4) is 0 Å². The number of hydrogen-bond acceptors (Lipinski definition) is 3. The number of Topliss-reactive ketones (excluding diaryl/α,β-unsaturated/α-hetero) is 1. The molecule has 25 heavy (non-hydrogen) atoms. The van der Waals surface area contributed by atoms with Gasteiger partial charge in [-0.2, -0.15) is 0 Å². The topological polar surface area (TPSA) is 57.5 Å². The van der Waals surface area contributed by atoms with Crippen LogP contribution in [0.2, 0.25) is 0 Å². The van der Waals surface area contributed by atoms with E-state index in [9.17, 15) is 15.0 Å². The van der Waals surface area contributed by atoms with E-state index in [-0.39, 0.29) is 29.6 Å². The van der Waals surface area contributed by atoms with Crippen LogP contribution in [0.25, 0.3) is 0 Å². The lowest BCUT2D eigenvalue weighted by atomic mass is 9.81. The number of benzene rings is 2. The Labute approximate surface area is 149 Å². The molecule has 2 atom stereocenters. The molecule has 2 N–H and O–H groups in total. The van der Waals surface area contributed by atoms with Gasteiger partial charge in [-0.15, -0.1) is 0 Å². The van der Waals surface area contributed by atoms with Crippen molar-refractivity contribution in [3.63, 3.8) is 0 Å². The van der Waals surface area contributed by atoms with Gasteiger partial charge in [0, 0.05) is 17.8 Å². The number of carbonyl (C=O) groups excluding carboxylic acids is 1. The van der Waals surface area contributed by atoms with Crippen LogP contribution in [0.4, 0.5) is 0 Å². The molecule has 0 aromatic heterocycles. The fourth-order valence-corrected chi connectivity index (χ4v) is 3.81. The molecule has 0 aliphatic heterocycles. The van der Waals surface area contributed by atoms with E-state index in [1.54, 1.807) is 12.1 Å². The van der Waals surface area contributed by atoms with E-state index in [0.29, 0.717) is 12.2 Å². The Morgan fingerprint density at radius 1 is 1.12 bits per heavy atom. The summed E-state index contributed by atoms with van der Waals surface area (Å²) >= 11 is 0. The fraction of sp³-hybridized carbons (Fsp3) is 0.409. The first-order chi connectivity index (χ1) is 11.9. The van der Waals surface area contributed by atoms with Crippen molar-refractivity contribution >= 4 is 5.78 Å². The Morgan fingerprint density at radius 2 is 1.84 bits per heavy atom. The minimum Gasteiger partial charge on any atom is -0.508 e. The van der Waals surface area contributed by atoms with Crippen molar-refractivity contribution in [1.29, 1.82) is 0 Å². The number of aromatic hydroxyl groups is 1. The zero-order chi connectivity index (χ0) is 18.0. The normalized spacial score (nSPS) is 20.8. The molecule has 0 heterocycles. The molecule has 2 aromatic rings. The summed E-state index contributed by atoms with van der Waals surface area (Å²) in [7, 11) is 0. The molecule has 2 aromatic carbocycles. The van der Waals surface area contributed by atoms with Gasteiger partial charge in [0.15, 0.2) is 0 Å². The van der Waals surface area contributed by atoms with Crippen LogP contribution in [0.5, 0.6) is 5.75 Å². The molecule has 1 saturated carbocycles. The Balaban J connectivity index is 1.82. The van der Waals surface area contributed by atoms with Gasteiger partial charge >= 0.3 is 0 Å². The predicted molar refractivity (Wildman–Crippen MR) is 98.8 cm³/mol. The van der Waals surface area contributed by atoms with Crippen molar-refractivity contribution in [2.75, 3.05) is 6.61 Å². The summed E-state index contributed by atoms with van der Waals surface area (Å²) in [6.07, 6.45) is 2.32. The predicted octanol–water partition coefficient (Wildman–Crippen LogP) is 3.97. The Hall–Kier alpha value is -2.13. The third-order valence-corrected chi connectivity index (χ3v) is 5.43. The van der Waals surface area contributed by atoms with Gasteiger partial charge in [-0.25, -0.2) is 0 Å². The Bertz CT molecular complexity index is 746. The zero-order valence-electron chi connectivity index (χ0n) is 14.9. The summed E-state index contributed by atoms with van der Waals surface area (Å²) in [5.41, 5.74) is 2.93. The molecule has 0 saturated heterocycles. The van der Waals surface area contributed by atoms with Crippen molar-refractivity contribution in [2.45, 2.75) is 44.4 Å². The second kappa shape index (κ2) is 7.01. The molecule has 3 rings (SSSR count). The molecular weight excluding hydrogens is 312 g/mol. The van der Waals surface area contributed by atoms with E-state index in [1.165, 1.54) is 0 Å². The quantitative estimate of drug-likeness (QED) is 0.867. The Kier molecular flexibility index (Phi) is 4.96. The van der Waals surface area contributed by atoms with E-state index in [2.05, 4.69) is 0 Å². The molecule has 132 valence electrons. The van der Waals surface area contributed by atoms with Crippen molar-refractivity contribution in [1.82, 2.24) is 0 Å². The highest BCUT2D eigenvalue weighted by Gasteiger charge is 2.35. The van der Waals surface area contributed by atoms with Gasteiger partial charge in [0.05, 0.1) is 6.61 Å². The van der Waals surface area contributed by atoms with Gasteiger partial charge in [0.2, 0.25) is 0 Å². The first-order valence-corrected chi connectivity index (χ1v) is 8.92. The molecular formula is C22H26O3. The maximum atomic E-state index is 12.5. The lowest BCUT2D eigenvalue weighted by Gasteiger charge is -2.24. The third kappa shape index (κ3) is 3.77. The summed E-state index contributed by atoms with van der Waals surface area (Å²) in [5.74, 6) is 0.771. The molecule has 0 bridgehead atoms. The van der Waals surface area contributed by atoms with Gasteiger partial charge in [0.25, 0.3) is 0 Å². The molecule has 3 nitrogen and oxygen atoms in total. The van der Waals surface area contributed by atoms with Gasteiger partial charge in [-0.3, -0.25) is 4.79 Å². The molecule has 3 heteroatoms. The van der Waals surface area contributed by atoms with Crippen molar-refractivity contribution in [2.24, 2.45) is 5.92 Å². The minimum absolute atomic E-state index is 0.0753. The summed E-state index contributed by atoms with van der Waals surface area (Å²) in [6, 6.07) is 15.4. The summed E-state index contributed by atoms with van der Waals surface area (Å²) in [6.45, 7) is 4.11. The zero-order valence-corrected chi connectivity index (χ0v) is 14.9. The van der Waals surface area contributed by atoms with E-state index < -0.39 is 0 Å². The van der Waals surface area contributed by atoms with E-state index in [1.807, 2.05) is 50.2 Å². The van der Waals surface area contributed by atoms with Gasteiger partial charge < -0.3 is 10.2 Å². The van der Waals surface area contributed by atoms with Gasteiger partial charge in [-0.05, 0) is 47.6 Å². The van der Waals surface area contributed by atoms with Crippen molar-refractivity contribution in [3.05, 3.63) is 65.2 Å². The number of aliphatic hydroxyl groups is 1. The number of rotatable bonds is 5. The molecule has 2 unspecified atom stereocenters. The number of aliphatic hydroxyl groups excluding tert-OH is 1. The Morgan fingerprint density at radius 3 is 2.48 bits per heavy atom. The molecule has 1 aliphatic carbocycles. The van der Waals surface area contributed by atoms with Crippen LogP contribution < -0.4 is 0 Å². The monoisotopic (exact) mass is 338 g/mol. The van der Waals surface area contributed by atoms with Crippen LogP contribution >= 0.6 is 0 Å². The van der Waals surface area contributed by atoms with Crippen LogP contribution in [-0.2, 0) is 16.6 Å². The van der Waals surface area contributed by atoms with Gasteiger partial charge in [-0.1, -0.05) is 50.2 Å². The van der Waals surface area contributed by atoms with Crippen LogP contribution in [-0.4, -0.2) is 22.6 Å². The average Bonchev–Trinajstić information content (AvgIpc) is 2.95. The average molecular weight is 338 g/mol. The summed E-state index contributed by atoms with van der Waals surface area (Å²) in [5, 5.41) is 19.2. The molecule has 0 spiro atoms. The molecule has 0 amide bonds. The highest BCUT2D eigenvalue weighted by atomic mass is 16.3. The highest BCUT2D eigenvalue weighted by Crippen LogP contribution is 2.39. The molecule has 1 fully saturated rings. The summed E-state index contributed by atoms with van der Waals surface area (Å²) in [4.78, 5) is 12.5. The summed E-state index contributed by atoms with van der Waals surface area (Å²) < 4.78 is 0. The largest absolute Gasteiger partial charge is 0.508 e. The number of ketones is 1. The van der Waals surface area contributed by atoms with Crippen LogP contribution in [0.15, 0.2) is 48.5 Å². The van der Waals surface area contributed by atoms with Gasteiger partial charge in [0.1, 0.15) is 11.5 Å². The second-order valence-electron chi connectivity index (χ2n) is 7.78. The maximum absolute atomic E-state index is 12.5. The standard InChI is InChI=1S/C22H26O3/c1-22(2,14-23)18-9-6-16(7-10-18)21-17(8-11-20(21)25)12-15-4-3-5-19(24)13-15/h3-7,9-10,13,17,21,23-24H,8,11-12,14H2,1-2H3. The van der Waals surface area contributed by atoms with Crippen LogP contribution in [0.1, 0.15) is 49.3 Å². The van der Waals surface area contributed by atoms with Crippen molar-refractivity contribution < 1.29 is 15.0 Å². The third-order valence-electron chi connectivity index (χ3n) is 5.43. The number of phenols is 1. The second-order valence-corrected chi connectivity index (χ2v) is 7.78. The van der Waals surface area contributed by atoms with E-state index in [4.69, 9.17) is 0 Å². The van der Waals surface area contributed by atoms with Crippen molar-refractivity contribution in [3.8, 4) is 5.75 Å². The lowest BCUT2D eigenvalue weighted by Crippen LogP contribution is -2.22. The highest BCUT2D eigenvalue weighted by molar-refractivity contribution is 5.88. The van der Waals surface area contributed by atoms with E-state index >= 15 is 0 Å².